The van der Waals surface area contributed by atoms with Crippen LogP contribution in [0.25, 0.3) is 0 Å². The van der Waals surface area contributed by atoms with Crippen molar-refractivity contribution in [2.45, 2.75) is 32.2 Å². The van der Waals surface area contributed by atoms with Crippen LogP contribution in [-0.4, -0.2) is 48.1 Å². The van der Waals surface area contributed by atoms with E-state index >= 15 is 0 Å². The second-order valence-electron chi connectivity index (χ2n) is 7.08. The predicted octanol–water partition coefficient (Wildman–Crippen LogP) is 3.11. The summed E-state index contributed by atoms with van der Waals surface area (Å²) in [6.07, 6.45) is 2.01. The van der Waals surface area contributed by atoms with Crippen molar-refractivity contribution >= 4 is 17.5 Å². The number of nitrogens with zero attached hydrogens (tertiary/aromatic N) is 1. The van der Waals surface area contributed by atoms with Gasteiger partial charge in [0.2, 0.25) is 5.91 Å². The molecule has 0 bridgehead atoms. The molecule has 154 valence electrons. The van der Waals surface area contributed by atoms with E-state index < -0.39 is 0 Å². The lowest BCUT2D eigenvalue weighted by Crippen LogP contribution is -2.38. The number of aryl methyl sites for hydroxylation is 1. The van der Waals surface area contributed by atoms with Crippen LogP contribution in [0.2, 0.25) is 0 Å². The Balaban J connectivity index is 1.53. The van der Waals surface area contributed by atoms with E-state index in [2.05, 4.69) is 5.32 Å². The molecule has 1 aliphatic carbocycles. The molecule has 2 N–H and O–H groups in total. The second-order valence-corrected chi connectivity index (χ2v) is 7.08. The summed E-state index contributed by atoms with van der Waals surface area (Å²) in [6.45, 7) is 2.05. The van der Waals surface area contributed by atoms with Gasteiger partial charge >= 0.3 is 0 Å². The highest BCUT2D eigenvalue weighted by Crippen LogP contribution is 2.29. The van der Waals surface area contributed by atoms with Crippen LogP contribution < -0.4 is 14.8 Å². The summed E-state index contributed by atoms with van der Waals surface area (Å²) in [5, 5.41) is 12.6. The van der Waals surface area contributed by atoms with Crippen molar-refractivity contribution < 1.29 is 24.2 Å². The van der Waals surface area contributed by atoms with Crippen molar-refractivity contribution in [2.75, 3.05) is 25.6 Å². The first-order chi connectivity index (χ1) is 14.0. The zero-order valence-electron chi connectivity index (χ0n) is 16.7. The zero-order chi connectivity index (χ0) is 20.8. The van der Waals surface area contributed by atoms with Gasteiger partial charge in [-0.15, -0.1) is 0 Å². The summed E-state index contributed by atoms with van der Waals surface area (Å²) >= 11 is 0. The molecule has 0 unspecified atom stereocenters. The van der Waals surface area contributed by atoms with Crippen LogP contribution in [-0.2, 0) is 9.59 Å². The maximum Gasteiger partial charge on any atom is 0.260 e. The largest absolute Gasteiger partial charge is 0.506 e. The molecule has 2 aromatic carbocycles. The van der Waals surface area contributed by atoms with Crippen molar-refractivity contribution in [2.24, 2.45) is 0 Å². The molecule has 0 aliphatic heterocycles. The zero-order valence-corrected chi connectivity index (χ0v) is 16.7. The highest BCUT2D eigenvalue weighted by Gasteiger charge is 2.32. The number of para-hydroxylation sites is 2. The number of anilines is 1. The molecule has 1 saturated carbocycles. The Kier molecular flexibility index (Phi) is 6.59. The molecule has 2 amide bonds. The summed E-state index contributed by atoms with van der Waals surface area (Å²) in [6, 6.07) is 12.4. The lowest BCUT2D eigenvalue weighted by Gasteiger charge is -2.22. The third-order valence-electron chi connectivity index (χ3n) is 4.74. The first-order valence-corrected chi connectivity index (χ1v) is 9.62. The minimum absolute atomic E-state index is 0.0266. The molecule has 3 rings (SSSR count). The Morgan fingerprint density at radius 3 is 2.55 bits per heavy atom. The highest BCUT2D eigenvalue weighted by molar-refractivity contribution is 5.92. The minimum atomic E-state index is -0.256. The Labute approximate surface area is 170 Å². The average Bonchev–Trinajstić information content (AvgIpc) is 3.54. The molecule has 2 aromatic rings. The van der Waals surface area contributed by atoms with E-state index in [4.69, 9.17) is 9.47 Å². The van der Waals surface area contributed by atoms with Gasteiger partial charge in [0.1, 0.15) is 5.75 Å². The third-order valence-corrected chi connectivity index (χ3v) is 4.74. The van der Waals surface area contributed by atoms with E-state index in [1.54, 1.807) is 36.3 Å². The lowest BCUT2D eigenvalue weighted by molar-refractivity contribution is -0.134. The SMILES string of the molecule is COc1ccccc1OCC(=O)N(CCC(=O)Nc1ccc(C)cc1O)C1CC1. The van der Waals surface area contributed by atoms with Gasteiger partial charge in [-0.2, -0.15) is 0 Å². The van der Waals surface area contributed by atoms with Crippen LogP contribution in [0.4, 0.5) is 5.69 Å². The Bertz CT molecular complexity index is 879. The molecular formula is C22H26N2O5. The van der Waals surface area contributed by atoms with Gasteiger partial charge in [-0.05, 0) is 49.6 Å². The predicted molar refractivity (Wildman–Crippen MR) is 109 cm³/mol. The van der Waals surface area contributed by atoms with Crippen molar-refractivity contribution in [3.05, 3.63) is 48.0 Å². The van der Waals surface area contributed by atoms with Gasteiger partial charge in [0, 0.05) is 19.0 Å². The van der Waals surface area contributed by atoms with Crippen LogP contribution in [0.1, 0.15) is 24.8 Å². The van der Waals surface area contributed by atoms with Crippen molar-refractivity contribution in [3.8, 4) is 17.2 Å². The third kappa shape index (κ3) is 5.63. The maximum absolute atomic E-state index is 12.6. The number of aromatic hydroxyl groups is 1. The number of ether oxygens (including phenoxy) is 2. The van der Waals surface area contributed by atoms with Gasteiger partial charge in [-0.25, -0.2) is 0 Å². The Morgan fingerprint density at radius 2 is 1.90 bits per heavy atom. The molecule has 1 aliphatic rings. The van der Waals surface area contributed by atoms with Crippen LogP contribution >= 0.6 is 0 Å². The van der Waals surface area contributed by atoms with E-state index in [-0.39, 0.29) is 36.6 Å². The Hall–Kier alpha value is -3.22. The standard InChI is InChI=1S/C22H26N2O5/c1-15-7-10-17(18(25)13-15)23-21(26)11-12-24(16-8-9-16)22(27)14-29-20-6-4-3-5-19(20)28-2/h3-7,10,13,16,25H,8-9,11-12,14H2,1-2H3,(H,23,26). The van der Waals surface area contributed by atoms with E-state index in [1.165, 1.54) is 0 Å². The van der Waals surface area contributed by atoms with E-state index in [0.717, 1.165) is 18.4 Å². The second kappa shape index (κ2) is 9.32. The van der Waals surface area contributed by atoms with Gasteiger partial charge in [0.05, 0.1) is 12.8 Å². The minimum Gasteiger partial charge on any atom is -0.506 e. The number of carbonyl (C=O) groups is 2. The number of rotatable bonds is 9. The highest BCUT2D eigenvalue weighted by atomic mass is 16.5. The Morgan fingerprint density at radius 1 is 1.17 bits per heavy atom. The maximum atomic E-state index is 12.6. The fourth-order valence-electron chi connectivity index (χ4n) is 3.04. The summed E-state index contributed by atoms with van der Waals surface area (Å²) in [4.78, 5) is 26.6. The van der Waals surface area contributed by atoms with Gasteiger partial charge in [-0.3, -0.25) is 9.59 Å². The fraction of sp³-hybridized carbons (Fsp3) is 0.364. The first-order valence-electron chi connectivity index (χ1n) is 9.62. The summed E-state index contributed by atoms with van der Waals surface area (Å²) in [7, 11) is 1.55. The first kappa shape index (κ1) is 20.5. The van der Waals surface area contributed by atoms with E-state index in [9.17, 15) is 14.7 Å². The molecule has 0 spiro atoms. The number of carbonyl (C=O) groups excluding carboxylic acids is 2. The van der Waals surface area contributed by atoms with Crippen molar-refractivity contribution in [3.63, 3.8) is 0 Å². The smallest absolute Gasteiger partial charge is 0.260 e. The van der Waals surface area contributed by atoms with Crippen LogP contribution in [0.5, 0.6) is 17.2 Å². The van der Waals surface area contributed by atoms with Crippen LogP contribution in [0, 0.1) is 6.92 Å². The molecule has 0 radical (unpaired) electrons. The van der Waals surface area contributed by atoms with Gasteiger partial charge < -0.3 is 24.8 Å². The number of benzene rings is 2. The molecule has 7 heteroatoms. The van der Waals surface area contributed by atoms with Gasteiger partial charge in [0.15, 0.2) is 18.1 Å². The molecule has 0 aromatic heterocycles. The molecule has 0 heterocycles. The van der Waals surface area contributed by atoms with E-state index in [1.807, 2.05) is 25.1 Å². The van der Waals surface area contributed by atoms with Crippen molar-refractivity contribution in [1.82, 2.24) is 4.90 Å². The molecular weight excluding hydrogens is 372 g/mol. The van der Waals surface area contributed by atoms with Crippen LogP contribution in [0.3, 0.4) is 0 Å². The number of phenolic OH excluding ortho intramolecular Hbond substituents is 1. The number of hydrogen-bond acceptors (Lipinski definition) is 5. The fourth-order valence-corrected chi connectivity index (χ4v) is 3.04. The summed E-state index contributed by atoms with van der Waals surface area (Å²) in [5.74, 6) is 0.679. The van der Waals surface area contributed by atoms with Crippen molar-refractivity contribution in [1.29, 1.82) is 0 Å². The lowest BCUT2D eigenvalue weighted by atomic mass is 10.2. The molecule has 29 heavy (non-hydrogen) atoms. The summed E-state index contributed by atoms with van der Waals surface area (Å²) in [5.41, 5.74) is 1.27. The number of phenols is 1. The number of hydrogen-bond donors (Lipinski definition) is 2. The number of amides is 2. The van der Waals surface area contributed by atoms with Crippen LogP contribution in [0.15, 0.2) is 42.5 Å². The number of methoxy groups -OCH3 is 1. The number of nitrogens with one attached hydrogen (secondary N) is 1. The summed E-state index contributed by atoms with van der Waals surface area (Å²) < 4.78 is 10.9. The molecule has 7 nitrogen and oxygen atoms in total. The monoisotopic (exact) mass is 398 g/mol. The normalized spacial score (nSPS) is 12.9. The molecule has 0 atom stereocenters. The van der Waals surface area contributed by atoms with Gasteiger partial charge in [0.25, 0.3) is 5.91 Å². The topological polar surface area (TPSA) is 88.1 Å². The van der Waals surface area contributed by atoms with E-state index in [0.29, 0.717) is 23.7 Å². The molecule has 0 saturated heterocycles. The molecule has 1 fully saturated rings. The van der Waals surface area contributed by atoms with Gasteiger partial charge in [-0.1, -0.05) is 18.2 Å². The average molecular weight is 398 g/mol. The quantitative estimate of drug-likeness (QED) is 0.634.